The molecule has 0 atom stereocenters. The van der Waals surface area contributed by atoms with Gasteiger partial charge in [-0.15, -0.1) is 0 Å². The van der Waals surface area contributed by atoms with Crippen molar-refractivity contribution in [2.45, 2.75) is 12.8 Å². The molecule has 0 radical (unpaired) electrons. The van der Waals surface area contributed by atoms with Gasteiger partial charge in [0.05, 0.1) is 7.11 Å². The quantitative estimate of drug-likeness (QED) is 0.781. The van der Waals surface area contributed by atoms with Gasteiger partial charge in [0.15, 0.2) is 0 Å². The fourth-order valence-electron chi connectivity index (χ4n) is 1.57. The van der Waals surface area contributed by atoms with E-state index in [1.165, 1.54) is 11.9 Å². The van der Waals surface area contributed by atoms with Crippen LogP contribution in [0.15, 0.2) is 36.7 Å². The zero-order valence-electron chi connectivity index (χ0n) is 9.56. The smallest absolute Gasteiger partial charge is 0.132 e. The maximum absolute atomic E-state index is 5.80. The molecule has 2 rings (SSSR count). The molecule has 1 heterocycles. The molecule has 0 spiro atoms. The maximum atomic E-state index is 5.80. The van der Waals surface area contributed by atoms with Crippen LogP contribution in [0.25, 0.3) is 0 Å². The molecule has 3 nitrogen and oxygen atoms in total. The average Bonchev–Trinajstić information content (AvgIpc) is 2.37. The molecular formula is C13H13ClN2O. The second-order valence-corrected chi connectivity index (χ2v) is 4.07. The molecule has 0 aliphatic heterocycles. The van der Waals surface area contributed by atoms with E-state index in [9.17, 15) is 0 Å². The molecule has 4 heteroatoms. The van der Waals surface area contributed by atoms with Crippen LogP contribution < -0.4 is 4.74 Å². The first-order chi connectivity index (χ1) is 8.28. The van der Waals surface area contributed by atoms with E-state index in [2.05, 4.69) is 22.1 Å². The Kier molecular flexibility index (Phi) is 3.94. The molecule has 0 saturated carbocycles. The van der Waals surface area contributed by atoms with Crippen LogP contribution in [0.1, 0.15) is 11.3 Å². The molecule has 88 valence electrons. The summed E-state index contributed by atoms with van der Waals surface area (Å²) in [4.78, 5) is 8.02. The summed E-state index contributed by atoms with van der Waals surface area (Å²) in [6.07, 6.45) is 3.28. The number of methoxy groups -OCH3 is 1. The van der Waals surface area contributed by atoms with Gasteiger partial charge in [0.2, 0.25) is 0 Å². The highest BCUT2D eigenvalue weighted by molar-refractivity contribution is 6.29. The van der Waals surface area contributed by atoms with Gasteiger partial charge in [-0.2, -0.15) is 0 Å². The van der Waals surface area contributed by atoms with E-state index in [1.807, 2.05) is 12.1 Å². The lowest BCUT2D eigenvalue weighted by Crippen LogP contribution is -1.95. The summed E-state index contributed by atoms with van der Waals surface area (Å²) in [6.45, 7) is 0. The Hall–Kier alpha value is -1.61. The van der Waals surface area contributed by atoms with Crippen molar-refractivity contribution in [2.75, 3.05) is 7.11 Å². The highest BCUT2D eigenvalue weighted by Crippen LogP contribution is 2.13. The predicted octanol–water partition coefficient (Wildman–Crippen LogP) is 2.92. The topological polar surface area (TPSA) is 35.0 Å². The lowest BCUT2D eigenvalue weighted by Gasteiger charge is -2.03. The number of aromatic nitrogens is 2. The Bertz CT molecular complexity index is 485. The van der Waals surface area contributed by atoms with E-state index in [0.29, 0.717) is 5.15 Å². The molecule has 0 aliphatic carbocycles. The van der Waals surface area contributed by atoms with E-state index < -0.39 is 0 Å². The van der Waals surface area contributed by atoms with Gasteiger partial charge in [-0.25, -0.2) is 9.97 Å². The van der Waals surface area contributed by atoms with Crippen LogP contribution >= 0.6 is 11.6 Å². The van der Waals surface area contributed by atoms with E-state index in [4.69, 9.17) is 16.3 Å². The molecule has 0 saturated heterocycles. The van der Waals surface area contributed by atoms with Crippen LogP contribution in [-0.2, 0) is 12.8 Å². The van der Waals surface area contributed by atoms with E-state index >= 15 is 0 Å². The molecule has 0 unspecified atom stereocenters. The Balaban J connectivity index is 1.97. The summed E-state index contributed by atoms with van der Waals surface area (Å²) in [5, 5.41) is 0.490. The van der Waals surface area contributed by atoms with Gasteiger partial charge in [-0.05, 0) is 36.6 Å². The first kappa shape index (κ1) is 11.9. The number of halogens is 1. The molecule has 0 amide bonds. The van der Waals surface area contributed by atoms with E-state index in [0.717, 1.165) is 24.3 Å². The van der Waals surface area contributed by atoms with Crippen molar-refractivity contribution in [1.82, 2.24) is 9.97 Å². The van der Waals surface area contributed by atoms with Crippen LogP contribution in [0.5, 0.6) is 5.75 Å². The number of hydrogen-bond acceptors (Lipinski definition) is 3. The molecule has 0 aliphatic rings. The average molecular weight is 249 g/mol. The van der Waals surface area contributed by atoms with Gasteiger partial charge < -0.3 is 4.74 Å². The van der Waals surface area contributed by atoms with Crippen molar-refractivity contribution in [3.05, 3.63) is 53.1 Å². The summed E-state index contributed by atoms with van der Waals surface area (Å²) >= 11 is 5.80. The molecule has 0 bridgehead atoms. The van der Waals surface area contributed by atoms with Gasteiger partial charge in [-0.1, -0.05) is 23.7 Å². The summed E-state index contributed by atoms with van der Waals surface area (Å²) in [7, 11) is 1.66. The van der Waals surface area contributed by atoms with Crippen molar-refractivity contribution in [3.63, 3.8) is 0 Å². The van der Waals surface area contributed by atoms with Crippen LogP contribution in [0.2, 0.25) is 5.15 Å². The van der Waals surface area contributed by atoms with Gasteiger partial charge in [0.25, 0.3) is 0 Å². The third-order valence-corrected chi connectivity index (χ3v) is 2.73. The Labute approximate surface area is 105 Å². The number of ether oxygens (including phenoxy) is 1. The van der Waals surface area contributed by atoms with Crippen LogP contribution in [0.4, 0.5) is 0 Å². The monoisotopic (exact) mass is 248 g/mol. The highest BCUT2D eigenvalue weighted by Gasteiger charge is 1.99. The third-order valence-electron chi connectivity index (χ3n) is 2.52. The summed E-state index contributed by atoms with van der Waals surface area (Å²) in [6, 6.07) is 9.83. The minimum absolute atomic E-state index is 0.490. The molecule has 0 fully saturated rings. The van der Waals surface area contributed by atoms with E-state index in [1.54, 1.807) is 13.2 Å². The Morgan fingerprint density at radius 1 is 1.12 bits per heavy atom. The predicted molar refractivity (Wildman–Crippen MR) is 67.4 cm³/mol. The lowest BCUT2D eigenvalue weighted by atomic mass is 10.1. The fraction of sp³-hybridized carbons (Fsp3) is 0.231. The third kappa shape index (κ3) is 3.43. The Morgan fingerprint density at radius 2 is 1.88 bits per heavy atom. The number of nitrogens with zero attached hydrogens (tertiary/aromatic N) is 2. The van der Waals surface area contributed by atoms with Gasteiger partial charge in [0.1, 0.15) is 17.2 Å². The van der Waals surface area contributed by atoms with E-state index in [-0.39, 0.29) is 0 Å². The largest absolute Gasteiger partial charge is 0.497 e. The minimum Gasteiger partial charge on any atom is -0.497 e. The molecule has 1 aromatic heterocycles. The second kappa shape index (κ2) is 5.64. The molecule has 1 aromatic carbocycles. The standard InChI is InChI=1S/C13H13ClN2O/c1-17-12-6-3-10(4-7-12)2-5-11-8-13(14)16-9-15-11/h3-4,6-9H,2,5H2,1H3. The van der Waals surface area contributed by atoms with Crippen molar-refractivity contribution in [3.8, 4) is 5.75 Å². The number of aryl methyl sites for hydroxylation is 2. The zero-order chi connectivity index (χ0) is 12.1. The normalized spacial score (nSPS) is 10.2. The van der Waals surface area contributed by atoms with Crippen molar-refractivity contribution < 1.29 is 4.74 Å². The van der Waals surface area contributed by atoms with Crippen LogP contribution in [0, 0.1) is 0 Å². The van der Waals surface area contributed by atoms with Crippen LogP contribution in [-0.4, -0.2) is 17.1 Å². The van der Waals surface area contributed by atoms with Crippen molar-refractivity contribution in [2.24, 2.45) is 0 Å². The van der Waals surface area contributed by atoms with Crippen molar-refractivity contribution in [1.29, 1.82) is 0 Å². The first-order valence-electron chi connectivity index (χ1n) is 5.37. The molecule has 2 aromatic rings. The molecule has 17 heavy (non-hydrogen) atoms. The summed E-state index contributed by atoms with van der Waals surface area (Å²) in [5.41, 5.74) is 2.21. The van der Waals surface area contributed by atoms with Crippen LogP contribution in [0.3, 0.4) is 0 Å². The SMILES string of the molecule is COc1ccc(CCc2cc(Cl)ncn2)cc1. The summed E-state index contributed by atoms with van der Waals surface area (Å²) in [5.74, 6) is 0.874. The fourth-order valence-corrected chi connectivity index (χ4v) is 1.74. The first-order valence-corrected chi connectivity index (χ1v) is 5.75. The second-order valence-electron chi connectivity index (χ2n) is 3.68. The van der Waals surface area contributed by atoms with Gasteiger partial charge in [-0.3, -0.25) is 0 Å². The lowest BCUT2D eigenvalue weighted by molar-refractivity contribution is 0.414. The highest BCUT2D eigenvalue weighted by atomic mass is 35.5. The number of hydrogen-bond donors (Lipinski definition) is 0. The van der Waals surface area contributed by atoms with Gasteiger partial charge in [0, 0.05) is 5.69 Å². The minimum atomic E-state index is 0.490. The maximum Gasteiger partial charge on any atom is 0.132 e. The molecular weight excluding hydrogens is 236 g/mol. The molecule has 0 N–H and O–H groups in total. The van der Waals surface area contributed by atoms with Gasteiger partial charge >= 0.3 is 0 Å². The Morgan fingerprint density at radius 3 is 2.53 bits per heavy atom. The number of benzene rings is 1. The van der Waals surface area contributed by atoms with Crippen molar-refractivity contribution >= 4 is 11.6 Å². The summed E-state index contributed by atoms with van der Waals surface area (Å²) < 4.78 is 5.11. The zero-order valence-corrected chi connectivity index (χ0v) is 10.3. The number of rotatable bonds is 4.